The number of halogens is 1. The maximum absolute atomic E-state index is 12.0. The highest BCUT2D eigenvalue weighted by Gasteiger charge is 2.28. The van der Waals surface area contributed by atoms with Crippen LogP contribution in [0.4, 0.5) is 0 Å². The third-order valence-corrected chi connectivity index (χ3v) is 5.50. The molecule has 1 aromatic rings. The molecule has 1 aliphatic rings. The predicted molar refractivity (Wildman–Crippen MR) is 76.4 cm³/mol. The van der Waals surface area contributed by atoms with E-state index < -0.39 is 0 Å². The summed E-state index contributed by atoms with van der Waals surface area (Å²) in [6.45, 7) is 2.17. The number of thioether (sulfide) groups is 1. The molecule has 2 atom stereocenters. The fourth-order valence-electron chi connectivity index (χ4n) is 2.18. The summed E-state index contributed by atoms with van der Waals surface area (Å²) < 4.78 is 0.668. The fourth-order valence-corrected chi connectivity index (χ4v) is 4.32. The van der Waals surface area contributed by atoms with Crippen molar-refractivity contribution in [1.29, 1.82) is 0 Å². The third kappa shape index (κ3) is 3.39. The number of amides is 1. The van der Waals surface area contributed by atoms with Gasteiger partial charge in [0.2, 0.25) is 0 Å². The van der Waals surface area contributed by atoms with Gasteiger partial charge in [-0.25, -0.2) is 0 Å². The summed E-state index contributed by atoms with van der Waals surface area (Å²) in [5, 5.41) is 3.72. The number of rotatable bonds is 4. The second kappa shape index (κ2) is 6.12. The lowest BCUT2D eigenvalue weighted by Gasteiger charge is -2.19. The third-order valence-electron chi connectivity index (χ3n) is 2.95. The molecular formula is C12H16ClNOS2. The molecule has 1 amide bonds. The van der Waals surface area contributed by atoms with E-state index in [0.29, 0.717) is 20.5 Å². The minimum Gasteiger partial charge on any atom is -0.347 e. The number of carbonyl (C=O) groups excluding carboxylic acids is 1. The van der Waals surface area contributed by atoms with Gasteiger partial charge in [0.25, 0.3) is 5.91 Å². The minimum absolute atomic E-state index is 0.0236. The van der Waals surface area contributed by atoms with Gasteiger partial charge in [-0.3, -0.25) is 4.79 Å². The molecule has 1 aromatic heterocycles. The lowest BCUT2D eigenvalue weighted by molar-refractivity contribution is 0.0943. The smallest absolute Gasteiger partial charge is 0.261 e. The maximum atomic E-state index is 12.0. The zero-order valence-corrected chi connectivity index (χ0v) is 12.1. The van der Waals surface area contributed by atoms with Crippen LogP contribution in [0.25, 0.3) is 0 Å². The van der Waals surface area contributed by atoms with Crippen molar-refractivity contribution in [2.45, 2.75) is 37.5 Å². The monoisotopic (exact) mass is 289 g/mol. The highest BCUT2D eigenvalue weighted by Crippen LogP contribution is 2.30. The maximum Gasteiger partial charge on any atom is 0.261 e. The van der Waals surface area contributed by atoms with Crippen LogP contribution >= 0.6 is 34.7 Å². The largest absolute Gasteiger partial charge is 0.347 e. The van der Waals surface area contributed by atoms with Gasteiger partial charge in [-0.1, -0.05) is 24.9 Å². The van der Waals surface area contributed by atoms with Crippen molar-refractivity contribution in [2.75, 3.05) is 5.75 Å². The quantitative estimate of drug-likeness (QED) is 0.913. The summed E-state index contributed by atoms with van der Waals surface area (Å²) in [4.78, 5) is 12.7. The van der Waals surface area contributed by atoms with Crippen LogP contribution in [0, 0.1) is 0 Å². The molecule has 2 nitrogen and oxygen atoms in total. The topological polar surface area (TPSA) is 29.1 Å². The van der Waals surface area contributed by atoms with E-state index in [4.69, 9.17) is 11.6 Å². The van der Waals surface area contributed by atoms with Gasteiger partial charge in [0.05, 0.1) is 9.21 Å². The molecule has 0 spiro atoms. The predicted octanol–water partition coefficient (Wildman–Crippen LogP) is 3.81. The number of hydrogen-bond acceptors (Lipinski definition) is 3. The average Bonchev–Trinajstić information content (AvgIpc) is 2.89. The van der Waals surface area contributed by atoms with Gasteiger partial charge in [-0.15, -0.1) is 11.3 Å². The Morgan fingerprint density at radius 3 is 3.06 bits per heavy atom. The van der Waals surface area contributed by atoms with E-state index >= 15 is 0 Å². The zero-order valence-electron chi connectivity index (χ0n) is 9.74. The van der Waals surface area contributed by atoms with E-state index in [2.05, 4.69) is 12.2 Å². The SMILES string of the molecule is CCS[C@H]1CCC[C@@H]1NC(=O)c1ccc(Cl)s1. The molecule has 0 aliphatic heterocycles. The fraction of sp³-hybridized carbons (Fsp3) is 0.583. The van der Waals surface area contributed by atoms with Crippen LogP contribution in [-0.2, 0) is 0 Å². The first-order valence-corrected chi connectivity index (χ1v) is 8.13. The molecule has 5 heteroatoms. The highest BCUT2D eigenvalue weighted by molar-refractivity contribution is 7.99. The van der Waals surface area contributed by atoms with Gasteiger partial charge in [-0.2, -0.15) is 11.8 Å². The summed E-state index contributed by atoms with van der Waals surface area (Å²) in [5.41, 5.74) is 0. The molecular weight excluding hydrogens is 274 g/mol. The molecule has 1 saturated carbocycles. The van der Waals surface area contributed by atoms with E-state index in [-0.39, 0.29) is 5.91 Å². The van der Waals surface area contributed by atoms with Gasteiger partial charge in [0, 0.05) is 11.3 Å². The molecule has 0 bridgehead atoms. The summed E-state index contributed by atoms with van der Waals surface area (Å²) in [6, 6.07) is 3.89. The second-order valence-corrected chi connectivity index (χ2v) is 7.34. The van der Waals surface area contributed by atoms with E-state index in [1.807, 2.05) is 11.8 Å². The van der Waals surface area contributed by atoms with Gasteiger partial charge < -0.3 is 5.32 Å². The van der Waals surface area contributed by atoms with E-state index in [0.717, 1.165) is 12.2 Å². The summed E-state index contributed by atoms with van der Waals surface area (Å²) in [5.74, 6) is 1.14. The standard InChI is InChI=1S/C12H16ClNOS2/c1-2-16-9-5-3-4-8(9)14-12(15)10-6-7-11(13)17-10/h6-9H,2-5H2,1H3,(H,14,15)/t8-,9-/m0/s1. The Morgan fingerprint density at radius 2 is 2.41 bits per heavy atom. The van der Waals surface area contributed by atoms with E-state index in [1.165, 1.54) is 24.2 Å². The van der Waals surface area contributed by atoms with Crippen LogP contribution in [-0.4, -0.2) is 23.0 Å². The van der Waals surface area contributed by atoms with Crippen molar-refractivity contribution in [1.82, 2.24) is 5.32 Å². The van der Waals surface area contributed by atoms with Gasteiger partial charge in [0.15, 0.2) is 0 Å². The molecule has 1 fully saturated rings. The normalized spacial score (nSPS) is 23.9. The van der Waals surface area contributed by atoms with Crippen molar-refractivity contribution in [3.8, 4) is 0 Å². The summed E-state index contributed by atoms with van der Waals surface area (Å²) in [7, 11) is 0. The number of carbonyl (C=O) groups is 1. The lowest BCUT2D eigenvalue weighted by atomic mass is 10.2. The van der Waals surface area contributed by atoms with Crippen molar-refractivity contribution in [2.24, 2.45) is 0 Å². The Morgan fingerprint density at radius 1 is 1.59 bits per heavy atom. The Kier molecular flexibility index (Phi) is 4.77. The van der Waals surface area contributed by atoms with Gasteiger partial charge >= 0.3 is 0 Å². The Labute approximate surface area is 115 Å². The van der Waals surface area contributed by atoms with E-state index in [1.54, 1.807) is 12.1 Å². The summed E-state index contributed by atoms with van der Waals surface area (Å²) >= 11 is 9.13. The molecule has 2 rings (SSSR count). The van der Waals surface area contributed by atoms with Crippen LogP contribution in [0.3, 0.4) is 0 Å². The zero-order chi connectivity index (χ0) is 12.3. The first-order chi connectivity index (χ1) is 8.20. The summed E-state index contributed by atoms with van der Waals surface area (Å²) in [6.07, 6.45) is 3.53. The highest BCUT2D eigenvalue weighted by atomic mass is 35.5. The molecule has 0 unspecified atom stereocenters. The van der Waals surface area contributed by atoms with Crippen molar-refractivity contribution < 1.29 is 4.79 Å². The van der Waals surface area contributed by atoms with Crippen LogP contribution in [0.15, 0.2) is 12.1 Å². The number of thiophene rings is 1. The Hall–Kier alpha value is -0.190. The van der Waals surface area contributed by atoms with Gasteiger partial charge in [0.1, 0.15) is 0 Å². The average molecular weight is 290 g/mol. The van der Waals surface area contributed by atoms with Crippen molar-refractivity contribution in [3.05, 3.63) is 21.3 Å². The number of hydrogen-bond donors (Lipinski definition) is 1. The molecule has 0 aromatic carbocycles. The first-order valence-electron chi connectivity index (χ1n) is 5.88. The van der Waals surface area contributed by atoms with E-state index in [9.17, 15) is 4.79 Å². The Balaban J connectivity index is 1.94. The van der Waals surface area contributed by atoms with Crippen LogP contribution in [0.1, 0.15) is 35.9 Å². The molecule has 1 N–H and O–H groups in total. The molecule has 0 radical (unpaired) electrons. The van der Waals surface area contributed by atoms with Crippen LogP contribution in [0.5, 0.6) is 0 Å². The lowest BCUT2D eigenvalue weighted by Crippen LogP contribution is -2.38. The van der Waals surface area contributed by atoms with Crippen molar-refractivity contribution >= 4 is 40.6 Å². The Bertz CT molecular complexity index is 394. The molecule has 1 heterocycles. The molecule has 17 heavy (non-hydrogen) atoms. The molecule has 1 aliphatic carbocycles. The molecule has 94 valence electrons. The first kappa shape index (κ1) is 13.2. The molecule has 0 saturated heterocycles. The van der Waals surface area contributed by atoms with Crippen LogP contribution < -0.4 is 5.32 Å². The number of nitrogens with one attached hydrogen (secondary N) is 1. The van der Waals surface area contributed by atoms with Gasteiger partial charge in [-0.05, 0) is 30.7 Å². The van der Waals surface area contributed by atoms with Crippen molar-refractivity contribution in [3.63, 3.8) is 0 Å². The second-order valence-electron chi connectivity index (χ2n) is 4.11. The minimum atomic E-state index is 0.0236. The van der Waals surface area contributed by atoms with Crippen LogP contribution in [0.2, 0.25) is 4.34 Å².